The van der Waals surface area contributed by atoms with Crippen LogP contribution in [0.25, 0.3) is 15.7 Å². The van der Waals surface area contributed by atoms with Crippen LogP contribution in [-0.2, 0) is 11.3 Å². The summed E-state index contributed by atoms with van der Waals surface area (Å²) in [6, 6.07) is 3.84. The summed E-state index contributed by atoms with van der Waals surface area (Å²) in [6.07, 6.45) is 3.69. The molecule has 0 aromatic carbocycles. The molecule has 0 N–H and O–H groups in total. The second kappa shape index (κ2) is 5.49. The summed E-state index contributed by atoms with van der Waals surface area (Å²) in [7, 11) is 0. The van der Waals surface area contributed by atoms with Gasteiger partial charge in [-0.1, -0.05) is 6.92 Å². The number of fused-ring (bicyclic) bond motifs is 3. The van der Waals surface area contributed by atoms with Gasteiger partial charge in [-0.25, -0.2) is 4.68 Å². The van der Waals surface area contributed by atoms with Crippen LogP contribution in [0.4, 0.5) is 0 Å². The van der Waals surface area contributed by atoms with Crippen LogP contribution in [0.3, 0.4) is 0 Å². The van der Waals surface area contributed by atoms with Crippen molar-refractivity contribution in [3.05, 3.63) is 34.2 Å². The Bertz CT molecular complexity index is 931. The second-order valence-corrected chi connectivity index (χ2v) is 7.13. The molecule has 0 radical (unpaired) electrons. The van der Waals surface area contributed by atoms with Crippen LogP contribution in [0.1, 0.15) is 19.8 Å². The molecule has 4 rings (SSSR count). The molecule has 3 aromatic rings. The normalized spacial score (nSPS) is 16.5. The number of carbonyl (C=O) groups excluding carboxylic acids is 1. The van der Waals surface area contributed by atoms with Gasteiger partial charge in [-0.2, -0.15) is 5.10 Å². The number of carbonyl (C=O) groups is 1. The fraction of sp³-hybridized carbons (Fsp3) is 0.438. The Kier molecular flexibility index (Phi) is 3.45. The minimum atomic E-state index is -0.213. The highest BCUT2D eigenvalue weighted by molar-refractivity contribution is 7.16. The van der Waals surface area contributed by atoms with Gasteiger partial charge in [0.1, 0.15) is 23.2 Å². The zero-order chi connectivity index (χ0) is 16.0. The maximum Gasteiger partial charge on any atom is 0.291 e. The van der Waals surface area contributed by atoms with Gasteiger partial charge in [0, 0.05) is 18.5 Å². The Labute approximate surface area is 136 Å². The molecule has 0 aliphatic carbocycles. The largest absolute Gasteiger partial charge is 0.341 e. The van der Waals surface area contributed by atoms with Gasteiger partial charge in [-0.05, 0) is 36.3 Å². The van der Waals surface area contributed by atoms with Crippen molar-refractivity contribution in [1.82, 2.24) is 19.1 Å². The maximum atomic E-state index is 12.6. The van der Waals surface area contributed by atoms with Gasteiger partial charge in [0.25, 0.3) is 5.56 Å². The molecule has 7 heteroatoms. The van der Waals surface area contributed by atoms with Gasteiger partial charge in [-0.3, -0.25) is 14.0 Å². The highest BCUT2D eigenvalue weighted by Gasteiger charge is 2.21. The number of likely N-dealkylation sites (tertiary alicyclic amines) is 1. The summed E-state index contributed by atoms with van der Waals surface area (Å²) >= 11 is 1.57. The van der Waals surface area contributed by atoms with E-state index >= 15 is 0 Å². The molecule has 6 nitrogen and oxygen atoms in total. The highest BCUT2D eigenvalue weighted by atomic mass is 32.1. The molecule has 4 heterocycles. The minimum absolute atomic E-state index is 0.0164. The number of hydrogen-bond donors (Lipinski definition) is 0. The minimum Gasteiger partial charge on any atom is -0.341 e. The van der Waals surface area contributed by atoms with Crippen LogP contribution < -0.4 is 5.56 Å². The maximum absolute atomic E-state index is 12.6. The predicted octanol–water partition coefficient (Wildman–Crippen LogP) is 1.97. The fourth-order valence-corrected chi connectivity index (χ4v) is 3.99. The molecular weight excluding hydrogens is 312 g/mol. The lowest BCUT2D eigenvalue weighted by atomic mass is 9.99. The first-order valence-electron chi connectivity index (χ1n) is 7.85. The highest BCUT2D eigenvalue weighted by Crippen LogP contribution is 2.23. The topological polar surface area (TPSA) is 59.6 Å². The summed E-state index contributed by atoms with van der Waals surface area (Å²) in [5, 5.41) is 7.20. The summed E-state index contributed by atoms with van der Waals surface area (Å²) in [6.45, 7) is 3.78. The second-order valence-electron chi connectivity index (χ2n) is 6.24. The van der Waals surface area contributed by atoms with Crippen molar-refractivity contribution in [2.24, 2.45) is 5.92 Å². The molecule has 1 aliphatic heterocycles. The van der Waals surface area contributed by atoms with Gasteiger partial charge in [0.05, 0.1) is 0 Å². The van der Waals surface area contributed by atoms with Gasteiger partial charge >= 0.3 is 0 Å². The van der Waals surface area contributed by atoms with Crippen molar-refractivity contribution in [2.45, 2.75) is 26.3 Å². The third-order valence-corrected chi connectivity index (χ3v) is 5.55. The van der Waals surface area contributed by atoms with Crippen molar-refractivity contribution in [2.75, 3.05) is 13.1 Å². The van der Waals surface area contributed by atoms with Gasteiger partial charge < -0.3 is 4.90 Å². The lowest BCUT2D eigenvalue weighted by Crippen LogP contribution is -2.41. The SMILES string of the molecule is CC1CCN(C(=O)Cn2ncn3c(cc4ccsc43)c2=O)CC1. The van der Waals surface area contributed by atoms with Crippen molar-refractivity contribution in [3.63, 3.8) is 0 Å². The molecule has 0 saturated carbocycles. The van der Waals surface area contributed by atoms with Crippen LogP contribution in [0.15, 0.2) is 28.6 Å². The number of thiophene rings is 1. The van der Waals surface area contributed by atoms with E-state index < -0.39 is 0 Å². The van der Waals surface area contributed by atoms with Crippen molar-refractivity contribution < 1.29 is 4.79 Å². The van der Waals surface area contributed by atoms with Gasteiger partial charge in [0.2, 0.25) is 5.91 Å². The monoisotopic (exact) mass is 330 g/mol. The first kappa shape index (κ1) is 14.4. The van der Waals surface area contributed by atoms with E-state index in [9.17, 15) is 9.59 Å². The third-order valence-electron chi connectivity index (χ3n) is 4.63. The number of amides is 1. The van der Waals surface area contributed by atoms with Crippen LogP contribution in [-0.4, -0.2) is 38.1 Å². The van der Waals surface area contributed by atoms with Crippen LogP contribution in [0.2, 0.25) is 0 Å². The molecule has 1 fully saturated rings. The van der Waals surface area contributed by atoms with E-state index in [-0.39, 0.29) is 18.0 Å². The van der Waals surface area contributed by atoms with E-state index in [1.165, 1.54) is 4.68 Å². The van der Waals surface area contributed by atoms with E-state index in [1.807, 2.05) is 22.4 Å². The number of rotatable bonds is 2. The Balaban J connectivity index is 1.62. The van der Waals surface area contributed by atoms with Crippen molar-refractivity contribution in [3.8, 4) is 0 Å². The van der Waals surface area contributed by atoms with E-state index in [1.54, 1.807) is 22.1 Å². The average Bonchev–Trinajstić information content (AvgIpc) is 3.12. The zero-order valence-corrected chi connectivity index (χ0v) is 13.8. The molecule has 0 spiro atoms. The third kappa shape index (κ3) is 2.45. The molecule has 1 aliphatic rings. The molecule has 0 atom stereocenters. The first-order chi connectivity index (χ1) is 11.1. The average molecular weight is 330 g/mol. The smallest absolute Gasteiger partial charge is 0.291 e. The number of nitrogens with zero attached hydrogens (tertiary/aromatic N) is 4. The van der Waals surface area contributed by atoms with Crippen molar-refractivity contribution in [1.29, 1.82) is 0 Å². The van der Waals surface area contributed by atoms with Crippen LogP contribution in [0, 0.1) is 5.92 Å². The van der Waals surface area contributed by atoms with E-state index in [0.717, 1.165) is 36.1 Å². The molecule has 120 valence electrons. The summed E-state index contributed by atoms with van der Waals surface area (Å²) < 4.78 is 3.07. The Morgan fingerprint density at radius 3 is 2.96 bits per heavy atom. The summed E-state index contributed by atoms with van der Waals surface area (Å²) in [5.41, 5.74) is 0.358. The van der Waals surface area contributed by atoms with Crippen LogP contribution in [0.5, 0.6) is 0 Å². The lowest BCUT2D eigenvalue weighted by molar-refractivity contribution is -0.133. The van der Waals surface area contributed by atoms with E-state index in [4.69, 9.17) is 0 Å². The molecular formula is C16H18N4O2S. The Morgan fingerprint density at radius 2 is 2.17 bits per heavy atom. The van der Waals surface area contributed by atoms with E-state index in [0.29, 0.717) is 11.4 Å². The molecule has 3 aromatic heterocycles. The Hall–Kier alpha value is -2.15. The predicted molar refractivity (Wildman–Crippen MR) is 89.8 cm³/mol. The molecule has 23 heavy (non-hydrogen) atoms. The number of hydrogen-bond acceptors (Lipinski definition) is 4. The quantitative estimate of drug-likeness (QED) is 0.722. The van der Waals surface area contributed by atoms with E-state index in [2.05, 4.69) is 12.0 Å². The van der Waals surface area contributed by atoms with Gasteiger partial charge in [0.15, 0.2) is 0 Å². The molecule has 1 amide bonds. The number of piperidine rings is 1. The Morgan fingerprint density at radius 1 is 1.39 bits per heavy atom. The molecule has 0 bridgehead atoms. The standard InChI is InChI=1S/C16H18N4O2S/c1-11-2-5-18(6-3-11)14(21)9-20-15(22)13-8-12-4-7-23-16(12)19(13)10-17-20/h4,7-8,10-11H,2-3,5-6,9H2,1H3. The fourth-order valence-electron chi connectivity index (χ4n) is 3.12. The van der Waals surface area contributed by atoms with Gasteiger partial charge in [-0.15, -0.1) is 11.3 Å². The molecule has 1 saturated heterocycles. The lowest BCUT2D eigenvalue weighted by Gasteiger charge is -2.30. The first-order valence-corrected chi connectivity index (χ1v) is 8.73. The summed E-state index contributed by atoms with van der Waals surface area (Å²) in [5.74, 6) is 0.647. The molecule has 0 unspecified atom stereocenters. The summed E-state index contributed by atoms with van der Waals surface area (Å²) in [4.78, 5) is 27.8. The number of aromatic nitrogens is 3. The van der Waals surface area contributed by atoms with Crippen molar-refractivity contribution >= 4 is 33.0 Å². The zero-order valence-electron chi connectivity index (χ0n) is 12.9. The van der Waals surface area contributed by atoms with Crippen LogP contribution >= 0.6 is 11.3 Å².